The lowest BCUT2D eigenvalue weighted by Gasteiger charge is -2.34. The summed E-state index contributed by atoms with van der Waals surface area (Å²) in [6, 6.07) is 9.74. The maximum absolute atomic E-state index is 8.76. The van der Waals surface area contributed by atoms with Crippen molar-refractivity contribution in [1.82, 2.24) is 14.8 Å². The molecule has 1 fully saturated rings. The molecule has 108 valence electrons. The highest BCUT2D eigenvalue weighted by Gasteiger charge is 2.18. The first-order valence-corrected chi connectivity index (χ1v) is 7.16. The van der Waals surface area contributed by atoms with E-state index in [2.05, 4.69) is 20.9 Å². The fourth-order valence-electron chi connectivity index (χ4n) is 2.60. The maximum Gasteiger partial charge on any atom is 0.203 e. The van der Waals surface area contributed by atoms with Gasteiger partial charge in [0, 0.05) is 45.1 Å². The molecule has 1 aliphatic heterocycles. The van der Waals surface area contributed by atoms with E-state index in [1.807, 2.05) is 24.4 Å². The summed E-state index contributed by atoms with van der Waals surface area (Å²) in [6.45, 7) is 5.86. The summed E-state index contributed by atoms with van der Waals surface area (Å²) in [5.74, 6) is 1.26. The SMILES string of the molecule is N#Cc1ccc(CN2CCN(Cc3cccnc3)CC2)o1. The summed E-state index contributed by atoms with van der Waals surface area (Å²) in [5, 5.41) is 8.76. The normalized spacial score (nSPS) is 16.7. The van der Waals surface area contributed by atoms with Gasteiger partial charge < -0.3 is 4.42 Å². The third-order valence-electron chi connectivity index (χ3n) is 3.75. The Hall–Kier alpha value is -2.16. The molecule has 5 nitrogen and oxygen atoms in total. The highest BCUT2D eigenvalue weighted by atomic mass is 16.3. The van der Waals surface area contributed by atoms with Gasteiger partial charge in [-0.05, 0) is 23.8 Å². The Morgan fingerprint density at radius 3 is 2.48 bits per heavy atom. The van der Waals surface area contributed by atoms with E-state index in [4.69, 9.17) is 9.68 Å². The molecule has 3 heterocycles. The van der Waals surface area contributed by atoms with Crippen LogP contribution in [-0.2, 0) is 13.1 Å². The Morgan fingerprint density at radius 2 is 1.86 bits per heavy atom. The number of nitrogens with zero attached hydrogens (tertiary/aromatic N) is 4. The van der Waals surface area contributed by atoms with Crippen LogP contribution in [0.15, 0.2) is 41.1 Å². The number of aromatic nitrogens is 1. The molecular formula is C16H18N4O. The van der Waals surface area contributed by atoms with Crippen LogP contribution in [0.25, 0.3) is 0 Å². The maximum atomic E-state index is 8.76. The molecule has 0 radical (unpaired) electrons. The van der Waals surface area contributed by atoms with Gasteiger partial charge in [-0.15, -0.1) is 0 Å². The van der Waals surface area contributed by atoms with Gasteiger partial charge in [0.25, 0.3) is 0 Å². The van der Waals surface area contributed by atoms with Crippen LogP contribution in [0.5, 0.6) is 0 Å². The summed E-state index contributed by atoms with van der Waals surface area (Å²) >= 11 is 0. The van der Waals surface area contributed by atoms with Gasteiger partial charge in [0.05, 0.1) is 6.54 Å². The molecular weight excluding hydrogens is 264 g/mol. The highest BCUT2D eigenvalue weighted by molar-refractivity contribution is 5.19. The summed E-state index contributed by atoms with van der Waals surface area (Å²) in [5.41, 5.74) is 1.26. The van der Waals surface area contributed by atoms with Gasteiger partial charge in [0.2, 0.25) is 5.76 Å². The average Bonchev–Trinajstić information content (AvgIpc) is 2.98. The molecule has 2 aromatic rings. The predicted molar refractivity (Wildman–Crippen MR) is 78.2 cm³/mol. The van der Waals surface area contributed by atoms with Crippen molar-refractivity contribution in [3.63, 3.8) is 0 Å². The van der Waals surface area contributed by atoms with Crippen LogP contribution in [0.1, 0.15) is 17.1 Å². The van der Waals surface area contributed by atoms with E-state index < -0.39 is 0 Å². The van der Waals surface area contributed by atoms with Crippen LogP contribution in [0.3, 0.4) is 0 Å². The molecule has 0 unspecified atom stereocenters. The van der Waals surface area contributed by atoms with Gasteiger partial charge in [0.1, 0.15) is 11.8 Å². The number of nitriles is 1. The van der Waals surface area contributed by atoms with E-state index in [1.54, 1.807) is 12.3 Å². The third-order valence-corrected chi connectivity index (χ3v) is 3.75. The lowest BCUT2D eigenvalue weighted by Crippen LogP contribution is -2.45. The van der Waals surface area contributed by atoms with Gasteiger partial charge in [-0.25, -0.2) is 0 Å². The molecule has 2 aromatic heterocycles. The van der Waals surface area contributed by atoms with Crippen molar-refractivity contribution in [2.45, 2.75) is 13.1 Å². The molecule has 0 aliphatic carbocycles. The molecule has 0 spiro atoms. The van der Waals surface area contributed by atoms with E-state index in [-0.39, 0.29) is 0 Å². The van der Waals surface area contributed by atoms with Crippen molar-refractivity contribution in [3.8, 4) is 6.07 Å². The summed E-state index contributed by atoms with van der Waals surface area (Å²) in [7, 11) is 0. The summed E-state index contributed by atoms with van der Waals surface area (Å²) in [6.07, 6.45) is 3.74. The van der Waals surface area contributed by atoms with Crippen molar-refractivity contribution in [2.75, 3.05) is 26.2 Å². The Bertz CT molecular complexity index is 609. The topological polar surface area (TPSA) is 56.3 Å². The van der Waals surface area contributed by atoms with Crippen LogP contribution in [0, 0.1) is 11.3 Å². The van der Waals surface area contributed by atoms with Crippen molar-refractivity contribution in [1.29, 1.82) is 5.26 Å². The molecule has 0 aromatic carbocycles. The number of hydrogen-bond acceptors (Lipinski definition) is 5. The lowest BCUT2D eigenvalue weighted by atomic mass is 10.2. The van der Waals surface area contributed by atoms with Crippen LogP contribution >= 0.6 is 0 Å². The van der Waals surface area contributed by atoms with E-state index in [1.165, 1.54) is 5.56 Å². The van der Waals surface area contributed by atoms with E-state index >= 15 is 0 Å². The molecule has 0 N–H and O–H groups in total. The molecule has 3 rings (SSSR count). The molecule has 0 atom stereocenters. The second-order valence-corrected chi connectivity index (χ2v) is 5.29. The quantitative estimate of drug-likeness (QED) is 0.856. The first kappa shape index (κ1) is 13.8. The molecule has 0 amide bonds. The zero-order chi connectivity index (χ0) is 14.5. The number of pyridine rings is 1. The number of rotatable bonds is 4. The van der Waals surface area contributed by atoms with Gasteiger partial charge in [-0.2, -0.15) is 5.26 Å². The summed E-state index contributed by atoms with van der Waals surface area (Å²) in [4.78, 5) is 8.96. The van der Waals surface area contributed by atoms with Crippen molar-refractivity contribution in [2.24, 2.45) is 0 Å². The standard InChI is InChI=1S/C16H18N4O/c17-10-15-3-4-16(21-15)13-20-8-6-19(7-9-20)12-14-2-1-5-18-11-14/h1-5,11H,6-9,12-13H2. The van der Waals surface area contributed by atoms with Crippen molar-refractivity contribution >= 4 is 0 Å². The van der Waals surface area contributed by atoms with Gasteiger partial charge >= 0.3 is 0 Å². The second-order valence-electron chi connectivity index (χ2n) is 5.29. The van der Waals surface area contributed by atoms with E-state index in [9.17, 15) is 0 Å². The number of furan rings is 1. The zero-order valence-electron chi connectivity index (χ0n) is 11.9. The predicted octanol–water partition coefficient (Wildman–Crippen LogP) is 1.86. The first-order valence-electron chi connectivity index (χ1n) is 7.16. The third kappa shape index (κ3) is 3.69. The van der Waals surface area contributed by atoms with E-state index in [0.717, 1.165) is 45.0 Å². The van der Waals surface area contributed by atoms with Gasteiger partial charge in [0.15, 0.2) is 0 Å². The van der Waals surface area contributed by atoms with Crippen molar-refractivity contribution in [3.05, 3.63) is 53.7 Å². The molecule has 21 heavy (non-hydrogen) atoms. The van der Waals surface area contributed by atoms with E-state index in [0.29, 0.717) is 5.76 Å². The minimum absolute atomic E-state index is 0.389. The molecule has 0 bridgehead atoms. The minimum atomic E-state index is 0.389. The van der Waals surface area contributed by atoms with Gasteiger partial charge in [-0.1, -0.05) is 6.07 Å². The Kier molecular flexibility index (Phi) is 4.29. The van der Waals surface area contributed by atoms with Crippen LogP contribution in [0.4, 0.5) is 0 Å². The second kappa shape index (κ2) is 6.53. The Labute approximate surface area is 124 Å². The van der Waals surface area contributed by atoms with Crippen LogP contribution in [-0.4, -0.2) is 41.0 Å². The highest BCUT2D eigenvalue weighted by Crippen LogP contribution is 2.13. The Morgan fingerprint density at radius 1 is 1.10 bits per heavy atom. The molecule has 1 aliphatic rings. The molecule has 1 saturated heterocycles. The molecule has 0 saturated carbocycles. The zero-order valence-corrected chi connectivity index (χ0v) is 11.9. The summed E-state index contributed by atoms with van der Waals surface area (Å²) < 4.78 is 5.43. The van der Waals surface area contributed by atoms with Gasteiger partial charge in [-0.3, -0.25) is 14.8 Å². The van der Waals surface area contributed by atoms with Crippen LogP contribution < -0.4 is 0 Å². The minimum Gasteiger partial charge on any atom is -0.449 e. The average molecular weight is 282 g/mol. The fraction of sp³-hybridized carbons (Fsp3) is 0.375. The van der Waals surface area contributed by atoms with Crippen LogP contribution in [0.2, 0.25) is 0 Å². The Balaban J connectivity index is 1.48. The molecule has 5 heteroatoms. The number of piperazine rings is 1. The monoisotopic (exact) mass is 282 g/mol. The fourth-order valence-corrected chi connectivity index (χ4v) is 2.60. The smallest absolute Gasteiger partial charge is 0.203 e. The largest absolute Gasteiger partial charge is 0.449 e. The lowest BCUT2D eigenvalue weighted by molar-refractivity contribution is 0.116. The van der Waals surface area contributed by atoms with Crippen molar-refractivity contribution < 1.29 is 4.42 Å². The number of hydrogen-bond donors (Lipinski definition) is 0. The first-order chi connectivity index (χ1) is 10.3.